The van der Waals surface area contributed by atoms with E-state index in [0.29, 0.717) is 0 Å². The fourth-order valence-electron chi connectivity index (χ4n) is 4.29. The summed E-state index contributed by atoms with van der Waals surface area (Å²) < 4.78 is 1.89. The zero-order valence-corrected chi connectivity index (χ0v) is 17.2. The third kappa shape index (κ3) is 3.30. The van der Waals surface area contributed by atoms with Crippen molar-refractivity contribution in [3.8, 4) is 11.3 Å². The lowest BCUT2D eigenvalue weighted by atomic mass is 9.96. The Morgan fingerprint density at radius 3 is 2.75 bits per heavy atom. The van der Waals surface area contributed by atoms with Crippen LogP contribution >= 0.6 is 0 Å². The number of rotatable bonds is 3. The lowest BCUT2D eigenvalue weighted by Gasteiger charge is -2.34. The number of aromatic nitrogens is 3. The summed E-state index contributed by atoms with van der Waals surface area (Å²) in [6.45, 7) is 10.0. The van der Waals surface area contributed by atoms with Crippen LogP contribution in [-0.4, -0.2) is 38.2 Å². The number of aryl methyl sites for hydroxylation is 3. The van der Waals surface area contributed by atoms with Crippen LogP contribution in [0.3, 0.4) is 0 Å². The molecule has 2 aromatic heterocycles. The molecule has 1 aliphatic rings. The van der Waals surface area contributed by atoms with Crippen LogP contribution in [0, 0.1) is 13.8 Å². The summed E-state index contributed by atoms with van der Waals surface area (Å²) in [7, 11) is 0. The molecule has 0 bridgehead atoms. The summed E-state index contributed by atoms with van der Waals surface area (Å²) in [6.07, 6.45) is 7.17. The third-order valence-electron chi connectivity index (χ3n) is 5.80. The molecular formula is C23H28N4O. The highest BCUT2D eigenvalue weighted by atomic mass is 16.2. The number of nitrogens with zero attached hydrogens (tertiary/aromatic N) is 4. The van der Waals surface area contributed by atoms with Gasteiger partial charge in [0.15, 0.2) is 0 Å². The Bertz CT molecular complexity index is 1040. The molecule has 1 fully saturated rings. The average Bonchev–Trinajstić information content (AvgIpc) is 3.16. The van der Waals surface area contributed by atoms with E-state index in [1.165, 1.54) is 6.42 Å². The third-order valence-corrected chi connectivity index (χ3v) is 5.80. The van der Waals surface area contributed by atoms with Crippen molar-refractivity contribution in [3.63, 3.8) is 0 Å². The molecule has 0 spiro atoms. The standard InChI is InChI=1S/C23H28N4O/c1-5-26-14-18(13-24-26)20-12-19(23(28)27-9-7-6-8-17(27)4)22-16(3)10-15(2)11-21(22)25-20/h10-14,17H,5-9H2,1-4H3. The maximum atomic E-state index is 13.6. The summed E-state index contributed by atoms with van der Waals surface area (Å²) in [6, 6.07) is 6.45. The highest BCUT2D eigenvalue weighted by molar-refractivity contribution is 6.08. The first-order valence-corrected chi connectivity index (χ1v) is 10.2. The molecule has 1 atom stereocenters. The smallest absolute Gasteiger partial charge is 0.254 e. The van der Waals surface area contributed by atoms with E-state index in [2.05, 4.69) is 44.9 Å². The van der Waals surface area contributed by atoms with E-state index in [0.717, 1.165) is 64.8 Å². The Morgan fingerprint density at radius 1 is 1.21 bits per heavy atom. The molecule has 0 saturated carbocycles. The van der Waals surface area contributed by atoms with Gasteiger partial charge in [0.1, 0.15) is 0 Å². The van der Waals surface area contributed by atoms with Crippen LogP contribution in [0.5, 0.6) is 0 Å². The molecule has 0 N–H and O–H groups in total. The van der Waals surface area contributed by atoms with Gasteiger partial charge in [0.25, 0.3) is 5.91 Å². The van der Waals surface area contributed by atoms with Crippen LogP contribution in [0.25, 0.3) is 22.2 Å². The zero-order chi connectivity index (χ0) is 19.8. The number of pyridine rings is 1. The van der Waals surface area contributed by atoms with E-state index in [9.17, 15) is 4.79 Å². The number of amides is 1. The largest absolute Gasteiger partial charge is 0.336 e. The molecule has 3 aromatic rings. The Hall–Kier alpha value is -2.69. The number of benzene rings is 1. The first-order chi connectivity index (χ1) is 13.5. The van der Waals surface area contributed by atoms with Crippen molar-refractivity contribution >= 4 is 16.8 Å². The predicted octanol–water partition coefficient (Wildman–Crippen LogP) is 4.75. The van der Waals surface area contributed by atoms with Gasteiger partial charge in [-0.05, 0) is 70.2 Å². The summed E-state index contributed by atoms with van der Waals surface area (Å²) in [5.74, 6) is 0.121. The van der Waals surface area contributed by atoms with E-state index in [1.54, 1.807) is 0 Å². The van der Waals surface area contributed by atoms with E-state index >= 15 is 0 Å². The van der Waals surface area contributed by atoms with Gasteiger partial charge in [0, 0.05) is 36.3 Å². The van der Waals surface area contributed by atoms with Crippen molar-refractivity contribution in [1.29, 1.82) is 0 Å². The molecule has 1 saturated heterocycles. The summed E-state index contributed by atoms with van der Waals surface area (Å²) in [5, 5.41) is 5.36. The molecule has 1 aliphatic heterocycles. The molecule has 28 heavy (non-hydrogen) atoms. The number of piperidine rings is 1. The van der Waals surface area contributed by atoms with Gasteiger partial charge in [-0.15, -0.1) is 0 Å². The van der Waals surface area contributed by atoms with Crippen LogP contribution in [0.1, 0.15) is 54.6 Å². The highest BCUT2D eigenvalue weighted by Crippen LogP contribution is 2.30. The molecule has 1 aromatic carbocycles. The van der Waals surface area contributed by atoms with E-state index in [1.807, 2.05) is 28.0 Å². The van der Waals surface area contributed by atoms with Crippen LogP contribution < -0.4 is 0 Å². The Morgan fingerprint density at radius 2 is 2.04 bits per heavy atom. The van der Waals surface area contributed by atoms with Gasteiger partial charge in [0.05, 0.1) is 23.0 Å². The first kappa shape index (κ1) is 18.7. The number of fused-ring (bicyclic) bond motifs is 1. The molecule has 0 aliphatic carbocycles. The maximum absolute atomic E-state index is 13.6. The average molecular weight is 377 g/mol. The lowest BCUT2D eigenvalue weighted by Crippen LogP contribution is -2.42. The fourth-order valence-corrected chi connectivity index (χ4v) is 4.29. The van der Waals surface area contributed by atoms with Gasteiger partial charge in [-0.3, -0.25) is 9.48 Å². The van der Waals surface area contributed by atoms with E-state index < -0.39 is 0 Å². The van der Waals surface area contributed by atoms with Gasteiger partial charge in [0.2, 0.25) is 0 Å². The van der Waals surface area contributed by atoms with Gasteiger partial charge >= 0.3 is 0 Å². The van der Waals surface area contributed by atoms with Gasteiger partial charge < -0.3 is 4.90 Å². The van der Waals surface area contributed by atoms with E-state index in [-0.39, 0.29) is 11.9 Å². The molecule has 3 heterocycles. The number of hydrogen-bond donors (Lipinski definition) is 0. The second kappa shape index (κ2) is 7.38. The van der Waals surface area contributed by atoms with Crippen molar-refractivity contribution in [1.82, 2.24) is 19.7 Å². The number of carbonyl (C=O) groups is 1. The summed E-state index contributed by atoms with van der Waals surface area (Å²) in [5.41, 5.74) is 5.66. The fraction of sp³-hybridized carbons (Fsp3) is 0.435. The molecule has 4 rings (SSSR count). The van der Waals surface area contributed by atoms with Crippen LogP contribution in [0.2, 0.25) is 0 Å². The minimum Gasteiger partial charge on any atom is -0.336 e. The summed E-state index contributed by atoms with van der Waals surface area (Å²) in [4.78, 5) is 20.5. The molecule has 146 valence electrons. The second-order valence-corrected chi connectivity index (χ2v) is 7.96. The van der Waals surface area contributed by atoms with E-state index in [4.69, 9.17) is 4.98 Å². The van der Waals surface area contributed by atoms with Crippen molar-refractivity contribution in [2.75, 3.05) is 6.54 Å². The van der Waals surface area contributed by atoms with Crippen molar-refractivity contribution in [3.05, 3.63) is 47.3 Å². The molecule has 0 radical (unpaired) electrons. The Labute approximate surface area is 166 Å². The molecule has 1 unspecified atom stereocenters. The van der Waals surface area contributed by atoms with Crippen LogP contribution in [-0.2, 0) is 6.54 Å². The monoisotopic (exact) mass is 376 g/mol. The molecule has 5 heteroatoms. The number of hydrogen-bond acceptors (Lipinski definition) is 3. The van der Waals surface area contributed by atoms with Gasteiger partial charge in [-0.1, -0.05) is 6.07 Å². The normalized spacial score (nSPS) is 17.3. The molecular weight excluding hydrogens is 348 g/mol. The Kier molecular flexibility index (Phi) is 4.92. The second-order valence-electron chi connectivity index (χ2n) is 7.96. The minimum absolute atomic E-state index is 0.121. The van der Waals surface area contributed by atoms with Crippen molar-refractivity contribution in [2.45, 2.75) is 59.5 Å². The first-order valence-electron chi connectivity index (χ1n) is 10.2. The number of likely N-dealkylation sites (tertiary alicyclic amines) is 1. The molecule has 5 nitrogen and oxygen atoms in total. The number of carbonyl (C=O) groups excluding carboxylic acids is 1. The SMILES string of the molecule is CCn1cc(-c2cc(C(=O)N3CCCCC3C)c3c(C)cc(C)cc3n2)cn1. The quantitative estimate of drug-likeness (QED) is 0.663. The predicted molar refractivity (Wildman–Crippen MR) is 112 cm³/mol. The highest BCUT2D eigenvalue weighted by Gasteiger charge is 2.27. The van der Waals surface area contributed by atoms with Crippen LogP contribution in [0.15, 0.2) is 30.6 Å². The van der Waals surface area contributed by atoms with Gasteiger partial charge in [-0.2, -0.15) is 5.10 Å². The lowest BCUT2D eigenvalue weighted by molar-refractivity contribution is 0.0637. The Balaban J connectivity index is 1.90. The zero-order valence-electron chi connectivity index (χ0n) is 17.2. The van der Waals surface area contributed by atoms with Crippen LogP contribution in [0.4, 0.5) is 0 Å². The molecule has 1 amide bonds. The summed E-state index contributed by atoms with van der Waals surface area (Å²) >= 11 is 0. The maximum Gasteiger partial charge on any atom is 0.254 e. The van der Waals surface area contributed by atoms with Crippen molar-refractivity contribution in [2.24, 2.45) is 0 Å². The van der Waals surface area contributed by atoms with Gasteiger partial charge in [-0.25, -0.2) is 4.98 Å². The van der Waals surface area contributed by atoms with Crippen molar-refractivity contribution < 1.29 is 4.79 Å². The topological polar surface area (TPSA) is 51.0 Å². The minimum atomic E-state index is 0.121.